The third kappa shape index (κ3) is 6.76. The Labute approximate surface area is 223 Å². The van der Waals surface area contributed by atoms with Gasteiger partial charge in [-0.15, -0.1) is 0 Å². The van der Waals surface area contributed by atoms with Crippen molar-refractivity contribution < 1.29 is 0 Å². The zero-order chi connectivity index (χ0) is 26.4. The van der Waals surface area contributed by atoms with Gasteiger partial charge in [-0.1, -0.05) is 26.0 Å². The van der Waals surface area contributed by atoms with Crippen molar-refractivity contribution in [1.29, 1.82) is 0 Å². The van der Waals surface area contributed by atoms with Gasteiger partial charge in [-0.25, -0.2) is 10.0 Å². The number of rotatable bonds is 8. The van der Waals surface area contributed by atoms with E-state index in [2.05, 4.69) is 85.1 Å². The van der Waals surface area contributed by atoms with E-state index in [0.717, 1.165) is 56.1 Å². The van der Waals surface area contributed by atoms with Gasteiger partial charge in [0, 0.05) is 56.1 Å². The summed E-state index contributed by atoms with van der Waals surface area (Å²) in [5.41, 5.74) is 3.66. The molecule has 0 radical (unpaired) electrons. The maximum Gasteiger partial charge on any atom is 0.153 e. The van der Waals surface area contributed by atoms with Crippen LogP contribution in [0.2, 0.25) is 0 Å². The first kappa shape index (κ1) is 27.3. The van der Waals surface area contributed by atoms with E-state index >= 15 is 0 Å². The number of aryl methyl sites for hydroxylation is 1. The Morgan fingerprint density at radius 2 is 2.00 bits per heavy atom. The van der Waals surface area contributed by atoms with Gasteiger partial charge < -0.3 is 9.80 Å². The molecular weight excluding hydrogens is 458 g/mol. The van der Waals surface area contributed by atoms with E-state index in [1.54, 1.807) is 0 Å². The van der Waals surface area contributed by atoms with Crippen LogP contribution in [0, 0.1) is 12.8 Å². The van der Waals surface area contributed by atoms with E-state index < -0.39 is 0 Å². The number of hydrogen-bond donors (Lipinski definition) is 0. The number of benzene rings is 1. The fourth-order valence-corrected chi connectivity index (χ4v) is 5.50. The highest BCUT2D eigenvalue weighted by Crippen LogP contribution is 2.25. The molecule has 0 bridgehead atoms. The summed E-state index contributed by atoms with van der Waals surface area (Å²) in [5, 5.41) is 8.89. The summed E-state index contributed by atoms with van der Waals surface area (Å²) >= 11 is 0. The van der Waals surface area contributed by atoms with Crippen molar-refractivity contribution in [2.45, 2.75) is 53.0 Å². The van der Waals surface area contributed by atoms with Crippen LogP contribution in [0.3, 0.4) is 0 Å². The molecule has 0 N–H and O–H groups in total. The maximum absolute atomic E-state index is 4.93. The molecule has 37 heavy (non-hydrogen) atoms. The second kappa shape index (κ2) is 12.7. The Hall–Kier alpha value is -2.77. The highest BCUT2D eigenvalue weighted by atomic mass is 15.5. The van der Waals surface area contributed by atoms with Crippen LogP contribution < -0.4 is 10.6 Å². The van der Waals surface area contributed by atoms with Crippen LogP contribution in [-0.4, -0.2) is 91.5 Å². The van der Waals surface area contributed by atoms with Crippen LogP contribution in [0.15, 0.2) is 57.1 Å². The number of allylic oxidation sites excluding steroid dienone is 2. The Morgan fingerprint density at radius 3 is 2.76 bits per heavy atom. The van der Waals surface area contributed by atoms with Gasteiger partial charge in [-0.3, -0.25) is 9.89 Å². The van der Waals surface area contributed by atoms with Crippen LogP contribution in [-0.2, 0) is 0 Å². The quantitative estimate of drug-likeness (QED) is 0.511. The van der Waals surface area contributed by atoms with E-state index in [9.17, 15) is 0 Å². The first-order valence-electron chi connectivity index (χ1n) is 13.9. The minimum Gasteiger partial charge on any atom is -0.369 e. The summed E-state index contributed by atoms with van der Waals surface area (Å²) in [6.07, 6.45) is 11.9. The van der Waals surface area contributed by atoms with Crippen LogP contribution in [0.25, 0.3) is 5.57 Å². The highest BCUT2D eigenvalue weighted by Gasteiger charge is 2.24. The zero-order valence-electron chi connectivity index (χ0n) is 23.7. The molecule has 1 saturated heterocycles. The molecular formula is C30H45N7. The van der Waals surface area contributed by atoms with Gasteiger partial charge in [0.2, 0.25) is 0 Å². The first-order chi connectivity index (χ1) is 17.9. The van der Waals surface area contributed by atoms with Crippen LogP contribution in [0.5, 0.6) is 0 Å². The summed E-state index contributed by atoms with van der Waals surface area (Å²) in [5.74, 6) is 1.19. The summed E-state index contributed by atoms with van der Waals surface area (Å²) in [6, 6.07) is 7.19. The van der Waals surface area contributed by atoms with Gasteiger partial charge in [-0.2, -0.15) is 5.10 Å². The molecule has 1 fully saturated rings. The maximum atomic E-state index is 4.93. The predicted molar refractivity (Wildman–Crippen MR) is 155 cm³/mol. The smallest absolute Gasteiger partial charge is 0.153 e. The van der Waals surface area contributed by atoms with Gasteiger partial charge in [0.25, 0.3) is 0 Å². The number of fused-ring (bicyclic) bond motifs is 1. The molecule has 3 heterocycles. The fourth-order valence-electron chi connectivity index (χ4n) is 5.50. The van der Waals surface area contributed by atoms with E-state index in [-0.39, 0.29) is 0 Å². The molecule has 0 saturated carbocycles. The largest absolute Gasteiger partial charge is 0.369 e. The lowest BCUT2D eigenvalue weighted by atomic mass is 9.95. The van der Waals surface area contributed by atoms with Crippen LogP contribution >= 0.6 is 0 Å². The Morgan fingerprint density at radius 1 is 1.16 bits per heavy atom. The molecule has 3 aliphatic heterocycles. The summed E-state index contributed by atoms with van der Waals surface area (Å²) in [6.45, 7) is 14.9. The number of nitrogens with zero attached hydrogens (tertiary/aromatic N) is 7. The van der Waals surface area contributed by atoms with Gasteiger partial charge in [0.05, 0.1) is 23.5 Å². The van der Waals surface area contributed by atoms with Crippen molar-refractivity contribution in [3.63, 3.8) is 0 Å². The summed E-state index contributed by atoms with van der Waals surface area (Å²) in [4.78, 5) is 17.2. The molecule has 1 unspecified atom stereocenters. The molecule has 3 aliphatic rings. The SMILES string of the molecule is C/C=N\N1C=C(N2CCCC(N(CC)CCN(C)C)CC2)C=N/C1=C\C1=c2ccc(C)cc2=NC[C@H]1C. The van der Waals surface area contributed by atoms with Gasteiger partial charge in [0.1, 0.15) is 0 Å². The van der Waals surface area contributed by atoms with Gasteiger partial charge in [-0.05, 0) is 77.0 Å². The van der Waals surface area contributed by atoms with Gasteiger partial charge >= 0.3 is 0 Å². The normalized spacial score (nSPS) is 23.6. The van der Waals surface area contributed by atoms with E-state index in [4.69, 9.17) is 9.98 Å². The topological polar surface area (TPSA) is 50.0 Å². The second-order valence-electron chi connectivity index (χ2n) is 10.8. The van der Waals surface area contributed by atoms with Crippen molar-refractivity contribution in [1.82, 2.24) is 19.7 Å². The molecule has 1 aromatic rings. The molecule has 2 atom stereocenters. The lowest BCUT2D eigenvalue weighted by molar-refractivity contribution is 0.172. The summed E-state index contributed by atoms with van der Waals surface area (Å²) < 4.78 is 0. The predicted octanol–water partition coefficient (Wildman–Crippen LogP) is 3.23. The van der Waals surface area contributed by atoms with Crippen molar-refractivity contribution in [3.8, 4) is 0 Å². The van der Waals surface area contributed by atoms with Crippen LogP contribution in [0.1, 0.15) is 45.6 Å². The number of aliphatic imine (C=N–C) groups is 1. The molecule has 0 amide bonds. The minimum absolute atomic E-state index is 0.340. The lowest BCUT2D eigenvalue weighted by Crippen LogP contribution is -2.40. The molecule has 200 valence electrons. The minimum atomic E-state index is 0.340. The number of likely N-dealkylation sites (tertiary alicyclic amines) is 1. The fraction of sp³-hybridized carbons (Fsp3) is 0.567. The zero-order valence-corrected chi connectivity index (χ0v) is 23.7. The van der Waals surface area contributed by atoms with E-state index in [0.29, 0.717) is 12.0 Å². The standard InChI is InChI=1S/C30H45N7/c1-7-33-37-22-26(36-14-9-10-25(13-15-36)35(8-2)17-16-34(5)6)21-32-30(37)19-28-24(4)20-31-29-18-23(3)11-12-27(28)29/h7,11-12,18-19,21-22,24-25H,8-10,13-17,20H2,1-6H3/b30-19+,33-7-/t24-,25?/m1/s1. The average Bonchev–Trinajstić information content (AvgIpc) is 3.13. The van der Waals surface area contributed by atoms with Crippen molar-refractivity contribution >= 4 is 18.0 Å². The highest BCUT2D eigenvalue weighted by molar-refractivity contribution is 5.80. The molecule has 4 rings (SSSR count). The molecule has 0 aliphatic carbocycles. The second-order valence-corrected chi connectivity index (χ2v) is 10.8. The molecule has 0 aromatic heterocycles. The molecule has 0 spiro atoms. The number of likely N-dealkylation sites (N-methyl/N-ethyl adjacent to an activating group) is 2. The Balaban J connectivity index is 1.54. The van der Waals surface area contributed by atoms with Crippen molar-refractivity contribution in [3.05, 3.63) is 58.1 Å². The monoisotopic (exact) mass is 503 g/mol. The summed E-state index contributed by atoms with van der Waals surface area (Å²) in [7, 11) is 4.32. The number of hydrogen-bond acceptors (Lipinski definition) is 7. The first-order valence-corrected chi connectivity index (χ1v) is 13.9. The van der Waals surface area contributed by atoms with Crippen LogP contribution in [0.4, 0.5) is 0 Å². The van der Waals surface area contributed by atoms with Crippen molar-refractivity contribution in [2.24, 2.45) is 21.0 Å². The van der Waals surface area contributed by atoms with Gasteiger partial charge in [0.15, 0.2) is 5.82 Å². The lowest BCUT2D eigenvalue weighted by Gasteiger charge is -2.31. The molecule has 7 nitrogen and oxygen atoms in total. The average molecular weight is 504 g/mol. The van der Waals surface area contributed by atoms with E-state index in [1.807, 2.05) is 24.4 Å². The third-order valence-electron chi connectivity index (χ3n) is 7.69. The molecule has 1 aromatic carbocycles. The third-order valence-corrected chi connectivity index (χ3v) is 7.69. The van der Waals surface area contributed by atoms with Crippen molar-refractivity contribution in [2.75, 3.05) is 53.4 Å². The van der Waals surface area contributed by atoms with E-state index in [1.165, 1.54) is 35.6 Å². The number of hydrazone groups is 1. The molecule has 7 heteroatoms. The Kier molecular flexibility index (Phi) is 9.33. The Bertz CT molecular complexity index is 1180.